The number of nitrogens with zero attached hydrogens (tertiary/aromatic N) is 4. The highest BCUT2D eigenvalue weighted by Gasteiger charge is 2.59. The van der Waals surface area contributed by atoms with Gasteiger partial charge in [0.25, 0.3) is 11.8 Å². The molecule has 4 aromatic rings. The molecule has 1 amide bonds. The van der Waals surface area contributed by atoms with Gasteiger partial charge in [-0.15, -0.1) is 0 Å². The zero-order valence-electron chi connectivity index (χ0n) is 15.7. The molecule has 1 unspecified atom stereocenters. The number of amides is 1. The monoisotopic (exact) mass is 412 g/mol. The van der Waals surface area contributed by atoms with Gasteiger partial charge < -0.3 is 5.32 Å². The van der Waals surface area contributed by atoms with Crippen molar-refractivity contribution in [1.29, 1.82) is 0 Å². The summed E-state index contributed by atoms with van der Waals surface area (Å²) in [7, 11) is 0. The van der Waals surface area contributed by atoms with Gasteiger partial charge in [-0.1, -0.05) is 6.07 Å². The summed E-state index contributed by atoms with van der Waals surface area (Å²) in [5.41, 5.74) is 1.83. The standard InChI is InChI=1S/C20H15F3N6O/c1-10-6-14(21)11(17-26-18(28-27-17)13-8-20(13,22)23)7-15(10)25-19(30)12-9-24-29-5-3-2-4-16(12)29/h2-7,9,13H,8H2,1H3,(H,25,30)(H,26,27,28). The summed E-state index contributed by atoms with van der Waals surface area (Å²) in [6.45, 7) is 1.65. The summed E-state index contributed by atoms with van der Waals surface area (Å²) in [6, 6.07) is 7.97. The number of carbonyl (C=O) groups excluding carboxylic acids is 1. The van der Waals surface area contributed by atoms with Crippen LogP contribution in [0.15, 0.2) is 42.7 Å². The first-order chi connectivity index (χ1) is 14.3. The Morgan fingerprint density at radius 2 is 2.13 bits per heavy atom. The van der Waals surface area contributed by atoms with E-state index in [9.17, 15) is 18.0 Å². The van der Waals surface area contributed by atoms with E-state index in [1.165, 1.54) is 18.3 Å². The molecule has 1 fully saturated rings. The molecule has 152 valence electrons. The predicted molar refractivity (Wildman–Crippen MR) is 102 cm³/mol. The predicted octanol–water partition coefficient (Wildman–Crippen LogP) is 3.94. The molecule has 1 saturated carbocycles. The van der Waals surface area contributed by atoms with Crippen molar-refractivity contribution in [2.75, 3.05) is 5.32 Å². The molecule has 7 nitrogen and oxygen atoms in total. The van der Waals surface area contributed by atoms with Crippen molar-refractivity contribution in [3.05, 3.63) is 65.5 Å². The van der Waals surface area contributed by atoms with Gasteiger partial charge in [0, 0.05) is 18.3 Å². The number of carbonyl (C=O) groups is 1. The van der Waals surface area contributed by atoms with Gasteiger partial charge in [0.15, 0.2) is 5.82 Å². The van der Waals surface area contributed by atoms with Crippen molar-refractivity contribution in [2.24, 2.45) is 0 Å². The van der Waals surface area contributed by atoms with Crippen LogP contribution in [0, 0.1) is 12.7 Å². The number of halogens is 3. The van der Waals surface area contributed by atoms with Crippen LogP contribution in [0.4, 0.5) is 18.9 Å². The van der Waals surface area contributed by atoms with Crippen LogP contribution < -0.4 is 5.32 Å². The Kier molecular flexibility index (Phi) is 3.92. The van der Waals surface area contributed by atoms with Crippen molar-refractivity contribution < 1.29 is 18.0 Å². The first kappa shape index (κ1) is 18.3. The van der Waals surface area contributed by atoms with E-state index in [-0.39, 0.29) is 23.6 Å². The number of aromatic nitrogens is 5. The summed E-state index contributed by atoms with van der Waals surface area (Å²) in [5.74, 6) is -4.89. The van der Waals surface area contributed by atoms with Crippen molar-refractivity contribution >= 4 is 17.1 Å². The Bertz CT molecular complexity index is 1290. The molecule has 1 aromatic carbocycles. The quantitative estimate of drug-likeness (QED) is 0.532. The number of benzene rings is 1. The maximum absolute atomic E-state index is 14.5. The minimum atomic E-state index is -2.81. The Balaban J connectivity index is 1.46. The smallest absolute Gasteiger partial charge is 0.259 e. The molecule has 5 rings (SSSR count). The third-order valence-corrected chi connectivity index (χ3v) is 5.13. The Hall–Kier alpha value is -3.69. The van der Waals surface area contributed by atoms with Crippen LogP contribution in [0.2, 0.25) is 0 Å². The van der Waals surface area contributed by atoms with E-state index in [1.54, 1.807) is 35.8 Å². The second-order valence-electron chi connectivity index (χ2n) is 7.25. The number of anilines is 1. The molecule has 1 atom stereocenters. The highest BCUT2D eigenvalue weighted by molar-refractivity contribution is 6.09. The topological polar surface area (TPSA) is 88.0 Å². The summed E-state index contributed by atoms with van der Waals surface area (Å²) in [5, 5.41) is 13.2. The maximum atomic E-state index is 14.5. The number of hydrogen-bond donors (Lipinski definition) is 2. The van der Waals surface area contributed by atoms with Crippen LogP contribution in [0.25, 0.3) is 16.9 Å². The van der Waals surface area contributed by atoms with Crippen LogP contribution in [-0.2, 0) is 0 Å². The maximum Gasteiger partial charge on any atom is 0.259 e. The average molecular weight is 412 g/mol. The van der Waals surface area contributed by atoms with Crippen LogP contribution in [0.1, 0.15) is 34.1 Å². The molecule has 10 heteroatoms. The van der Waals surface area contributed by atoms with E-state index < -0.39 is 23.6 Å². The number of nitrogens with one attached hydrogen (secondary N) is 2. The number of aromatic amines is 1. The van der Waals surface area contributed by atoms with E-state index in [0.29, 0.717) is 22.3 Å². The van der Waals surface area contributed by atoms with E-state index >= 15 is 0 Å². The highest BCUT2D eigenvalue weighted by Crippen LogP contribution is 2.54. The summed E-state index contributed by atoms with van der Waals surface area (Å²) < 4.78 is 42.6. The summed E-state index contributed by atoms with van der Waals surface area (Å²) in [4.78, 5) is 16.8. The number of pyridine rings is 1. The Morgan fingerprint density at radius 3 is 2.90 bits per heavy atom. The number of H-pyrrole nitrogens is 1. The van der Waals surface area contributed by atoms with Gasteiger partial charge in [-0.05, 0) is 36.8 Å². The van der Waals surface area contributed by atoms with Crippen molar-refractivity contribution in [2.45, 2.75) is 25.2 Å². The zero-order chi connectivity index (χ0) is 21.0. The van der Waals surface area contributed by atoms with Crippen LogP contribution >= 0.6 is 0 Å². The molecule has 3 aromatic heterocycles. The van der Waals surface area contributed by atoms with Crippen molar-refractivity contribution in [3.8, 4) is 11.4 Å². The third kappa shape index (κ3) is 3.00. The molecular weight excluding hydrogens is 397 g/mol. The van der Waals surface area contributed by atoms with Gasteiger partial charge in [-0.2, -0.15) is 10.2 Å². The van der Waals surface area contributed by atoms with Crippen molar-refractivity contribution in [3.63, 3.8) is 0 Å². The summed E-state index contributed by atoms with van der Waals surface area (Å²) >= 11 is 0. The summed E-state index contributed by atoms with van der Waals surface area (Å²) in [6.07, 6.45) is 2.86. The second-order valence-corrected chi connectivity index (χ2v) is 7.25. The van der Waals surface area contributed by atoms with Gasteiger partial charge >= 0.3 is 0 Å². The second kappa shape index (κ2) is 6.41. The molecule has 0 aliphatic heterocycles. The lowest BCUT2D eigenvalue weighted by Gasteiger charge is -2.10. The molecule has 2 N–H and O–H groups in total. The molecule has 1 aliphatic carbocycles. The average Bonchev–Trinajstić information content (AvgIpc) is 3.08. The van der Waals surface area contributed by atoms with E-state index in [0.717, 1.165) is 0 Å². The number of alkyl halides is 2. The lowest BCUT2D eigenvalue weighted by Crippen LogP contribution is -2.13. The van der Waals surface area contributed by atoms with Crippen LogP contribution in [-0.4, -0.2) is 36.6 Å². The number of hydrogen-bond acceptors (Lipinski definition) is 4. The fourth-order valence-electron chi connectivity index (χ4n) is 3.34. The molecule has 0 radical (unpaired) electrons. The van der Waals surface area contributed by atoms with Gasteiger partial charge in [0.1, 0.15) is 11.6 Å². The molecule has 0 spiro atoms. The van der Waals surface area contributed by atoms with Gasteiger partial charge in [-0.3, -0.25) is 9.89 Å². The van der Waals surface area contributed by atoms with Crippen LogP contribution in [0.3, 0.4) is 0 Å². The molecule has 30 heavy (non-hydrogen) atoms. The lowest BCUT2D eigenvalue weighted by atomic mass is 10.1. The molecule has 0 bridgehead atoms. The first-order valence-corrected chi connectivity index (χ1v) is 9.18. The number of aryl methyl sites for hydroxylation is 1. The van der Waals surface area contributed by atoms with E-state index in [2.05, 4.69) is 25.6 Å². The van der Waals surface area contributed by atoms with Gasteiger partial charge in [-0.25, -0.2) is 22.7 Å². The largest absolute Gasteiger partial charge is 0.322 e. The normalized spacial score (nSPS) is 17.3. The fourth-order valence-corrected chi connectivity index (χ4v) is 3.34. The minimum absolute atomic E-state index is 0.00207. The molecule has 1 aliphatic rings. The fraction of sp³-hybridized carbons (Fsp3) is 0.200. The Morgan fingerprint density at radius 1 is 1.33 bits per heavy atom. The zero-order valence-corrected chi connectivity index (χ0v) is 15.7. The Labute approximate surface area is 167 Å². The SMILES string of the molecule is Cc1cc(F)c(-c2n[nH]c(C3CC3(F)F)n2)cc1NC(=O)c1cnn2ccccc12. The van der Waals surface area contributed by atoms with E-state index in [4.69, 9.17) is 0 Å². The van der Waals surface area contributed by atoms with E-state index in [1.807, 2.05) is 0 Å². The first-order valence-electron chi connectivity index (χ1n) is 9.18. The highest BCUT2D eigenvalue weighted by atomic mass is 19.3. The lowest BCUT2D eigenvalue weighted by molar-refractivity contribution is 0.102. The van der Waals surface area contributed by atoms with Crippen molar-refractivity contribution in [1.82, 2.24) is 24.8 Å². The minimum Gasteiger partial charge on any atom is -0.322 e. The van der Waals surface area contributed by atoms with Crippen LogP contribution in [0.5, 0.6) is 0 Å². The van der Waals surface area contributed by atoms with Gasteiger partial charge in [0.2, 0.25) is 0 Å². The molecule has 3 heterocycles. The molecular formula is C20H15F3N6O. The molecule has 0 saturated heterocycles. The number of rotatable bonds is 4. The third-order valence-electron chi connectivity index (χ3n) is 5.13. The number of fused-ring (bicyclic) bond motifs is 1. The van der Waals surface area contributed by atoms with Gasteiger partial charge in [0.05, 0.1) is 28.8 Å².